The first-order valence-corrected chi connectivity index (χ1v) is 10.1. The number of aliphatic hydroxyl groups is 1. The molecule has 0 radical (unpaired) electrons. The van der Waals surface area contributed by atoms with Crippen LogP contribution in [0.2, 0.25) is 0 Å². The number of carbonyl (C=O) groups is 2. The predicted octanol–water partition coefficient (Wildman–Crippen LogP) is -1.27. The van der Waals surface area contributed by atoms with Crippen molar-refractivity contribution < 1.29 is 14.7 Å². The summed E-state index contributed by atoms with van der Waals surface area (Å²) in [6.07, 6.45) is 3.93. The first kappa shape index (κ1) is 26.1. The summed E-state index contributed by atoms with van der Waals surface area (Å²) in [6.45, 7) is 5.24. The summed E-state index contributed by atoms with van der Waals surface area (Å²) in [7, 11) is 0. The molecule has 0 aromatic heterocycles. The average Bonchev–Trinajstić information content (AvgIpc) is 2.62. The molecule has 10 heteroatoms. The normalized spacial score (nSPS) is 12.8. The summed E-state index contributed by atoms with van der Waals surface area (Å²) in [6, 6.07) is -0.637. The zero-order valence-electron chi connectivity index (χ0n) is 17.1. The molecule has 0 saturated carbocycles. The molecule has 1 unspecified atom stereocenters. The van der Waals surface area contributed by atoms with Gasteiger partial charge in [-0.2, -0.15) is 0 Å². The molecule has 2 amide bonds. The molecular weight excluding hydrogens is 362 g/mol. The first-order chi connectivity index (χ1) is 13.4. The van der Waals surface area contributed by atoms with E-state index in [0.717, 1.165) is 38.8 Å². The Morgan fingerprint density at radius 3 is 2.29 bits per heavy atom. The van der Waals surface area contributed by atoms with E-state index in [2.05, 4.69) is 21.3 Å². The van der Waals surface area contributed by atoms with Crippen molar-refractivity contribution >= 4 is 17.8 Å². The lowest BCUT2D eigenvalue weighted by molar-refractivity contribution is -0.129. The molecule has 0 aliphatic heterocycles. The Bertz CT molecular complexity index is 449. The minimum atomic E-state index is -0.751. The monoisotopic (exact) mass is 401 g/mol. The SMILES string of the molecule is C[C@H](NC(=O)CC(O)CCCCNC(=N)N)C(=O)NCCCCNCCCN. The smallest absolute Gasteiger partial charge is 0.242 e. The molecule has 28 heavy (non-hydrogen) atoms. The molecule has 2 atom stereocenters. The highest BCUT2D eigenvalue weighted by Gasteiger charge is 2.17. The van der Waals surface area contributed by atoms with Gasteiger partial charge in [0.1, 0.15) is 6.04 Å². The third-order valence-corrected chi connectivity index (χ3v) is 4.11. The van der Waals surface area contributed by atoms with Gasteiger partial charge in [0, 0.05) is 13.1 Å². The van der Waals surface area contributed by atoms with E-state index in [1.54, 1.807) is 6.92 Å². The molecule has 0 saturated heterocycles. The number of hydrogen-bond donors (Lipinski definition) is 8. The summed E-state index contributed by atoms with van der Waals surface area (Å²) in [5.74, 6) is -0.651. The van der Waals surface area contributed by atoms with Crippen molar-refractivity contribution in [3.8, 4) is 0 Å². The number of guanidine groups is 1. The zero-order valence-corrected chi connectivity index (χ0v) is 17.1. The quantitative estimate of drug-likeness (QED) is 0.0850. The summed E-state index contributed by atoms with van der Waals surface area (Å²) >= 11 is 0. The molecule has 0 aliphatic rings. The predicted molar refractivity (Wildman–Crippen MR) is 111 cm³/mol. The molecule has 0 aliphatic carbocycles. The summed E-state index contributed by atoms with van der Waals surface area (Å²) in [4.78, 5) is 23.9. The van der Waals surface area contributed by atoms with Gasteiger partial charge in [0.15, 0.2) is 5.96 Å². The van der Waals surface area contributed by atoms with Crippen LogP contribution in [0.25, 0.3) is 0 Å². The standard InChI is InChI=1S/C18H39N7O3/c1-14(17(28)23-11-5-4-9-22-10-6-8-19)25-16(27)13-15(26)7-2-3-12-24-18(20)21/h14-15,22,26H,2-13,19H2,1H3,(H,23,28)(H,25,27)(H4,20,21,24)/t14-,15?/m0/s1. The fraction of sp³-hybridized carbons (Fsp3) is 0.833. The number of nitrogens with two attached hydrogens (primary N) is 2. The van der Waals surface area contributed by atoms with Gasteiger partial charge >= 0.3 is 0 Å². The molecule has 0 spiro atoms. The molecule has 0 rings (SSSR count). The second kappa shape index (κ2) is 17.2. The summed E-state index contributed by atoms with van der Waals surface area (Å²) in [5, 5.41) is 28.3. The number of hydrogen-bond acceptors (Lipinski definition) is 6. The topological polar surface area (TPSA) is 178 Å². The van der Waals surface area contributed by atoms with Crippen LogP contribution in [0.1, 0.15) is 51.9 Å². The van der Waals surface area contributed by atoms with Gasteiger partial charge in [-0.1, -0.05) is 0 Å². The van der Waals surface area contributed by atoms with Crippen LogP contribution in [0.5, 0.6) is 0 Å². The number of rotatable bonds is 17. The van der Waals surface area contributed by atoms with E-state index < -0.39 is 12.1 Å². The van der Waals surface area contributed by atoms with E-state index >= 15 is 0 Å². The number of carbonyl (C=O) groups excluding carboxylic acids is 2. The Morgan fingerprint density at radius 2 is 1.61 bits per heavy atom. The van der Waals surface area contributed by atoms with Crippen molar-refractivity contribution in [2.24, 2.45) is 11.5 Å². The highest BCUT2D eigenvalue weighted by Crippen LogP contribution is 2.04. The van der Waals surface area contributed by atoms with Gasteiger partial charge in [0.25, 0.3) is 0 Å². The number of unbranched alkanes of at least 4 members (excludes halogenated alkanes) is 2. The molecular formula is C18H39N7O3. The van der Waals surface area contributed by atoms with Gasteiger partial charge in [0.2, 0.25) is 11.8 Å². The molecule has 10 nitrogen and oxygen atoms in total. The summed E-state index contributed by atoms with van der Waals surface area (Å²) in [5.41, 5.74) is 10.6. The van der Waals surface area contributed by atoms with Crippen molar-refractivity contribution in [2.75, 3.05) is 32.7 Å². The molecule has 0 heterocycles. The zero-order chi connectivity index (χ0) is 21.2. The Kier molecular flexibility index (Phi) is 16.0. The van der Waals surface area contributed by atoms with Crippen LogP contribution in [0, 0.1) is 5.41 Å². The van der Waals surface area contributed by atoms with Crippen LogP contribution in [0.4, 0.5) is 0 Å². The Morgan fingerprint density at radius 1 is 1.00 bits per heavy atom. The van der Waals surface area contributed by atoms with Gasteiger partial charge in [-0.3, -0.25) is 15.0 Å². The van der Waals surface area contributed by atoms with Crippen molar-refractivity contribution in [3.63, 3.8) is 0 Å². The highest BCUT2D eigenvalue weighted by molar-refractivity contribution is 5.87. The lowest BCUT2D eigenvalue weighted by Crippen LogP contribution is -2.45. The third-order valence-electron chi connectivity index (χ3n) is 4.11. The van der Waals surface area contributed by atoms with E-state index in [-0.39, 0.29) is 24.2 Å². The lowest BCUT2D eigenvalue weighted by atomic mass is 10.1. The largest absolute Gasteiger partial charge is 0.393 e. The van der Waals surface area contributed by atoms with Gasteiger partial charge in [-0.15, -0.1) is 0 Å². The number of nitrogens with one attached hydrogen (secondary N) is 5. The van der Waals surface area contributed by atoms with Gasteiger partial charge in [-0.25, -0.2) is 0 Å². The Hall–Kier alpha value is -1.91. The first-order valence-electron chi connectivity index (χ1n) is 10.1. The minimum absolute atomic E-state index is 0.0355. The van der Waals surface area contributed by atoms with Crippen molar-refractivity contribution in [1.82, 2.24) is 21.3 Å². The Balaban J connectivity index is 3.73. The highest BCUT2D eigenvalue weighted by atomic mass is 16.3. The van der Waals surface area contributed by atoms with Gasteiger partial charge in [0.05, 0.1) is 12.5 Å². The maximum Gasteiger partial charge on any atom is 0.242 e. The van der Waals surface area contributed by atoms with E-state index in [0.29, 0.717) is 32.5 Å². The van der Waals surface area contributed by atoms with Crippen LogP contribution in [0.15, 0.2) is 0 Å². The summed E-state index contributed by atoms with van der Waals surface area (Å²) < 4.78 is 0. The van der Waals surface area contributed by atoms with Crippen LogP contribution >= 0.6 is 0 Å². The lowest BCUT2D eigenvalue weighted by Gasteiger charge is -2.16. The van der Waals surface area contributed by atoms with Crippen LogP contribution in [-0.4, -0.2) is 67.8 Å². The van der Waals surface area contributed by atoms with E-state index in [1.807, 2.05) is 0 Å². The molecule has 10 N–H and O–H groups in total. The van der Waals surface area contributed by atoms with Crippen LogP contribution in [-0.2, 0) is 9.59 Å². The van der Waals surface area contributed by atoms with Gasteiger partial charge in [-0.05, 0) is 65.1 Å². The van der Waals surface area contributed by atoms with Crippen molar-refractivity contribution in [2.45, 2.75) is 64.0 Å². The Labute approximate surface area is 168 Å². The molecule has 164 valence electrons. The van der Waals surface area contributed by atoms with Crippen molar-refractivity contribution in [1.29, 1.82) is 5.41 Å². The number of amides is 2. The second-order valence-corrected chi connectivity index (χ2v) is 6.87. The second-order valence-electron chi connectivity index (χ2n) is 6.87. The van der Waals surface area contributed by atoms with E-state index in [4.69, 9.17) is 16.9 Å². The minimum Gasteiger partial charge on any atom is -0.393 e. The van der Waals surface area contributed by atoms with E-state index in [9.17, 15) is 14.7 Å². The molecule has 0 bridgehead atoms. The molecule has 0 fully saturated rings. The van der Waals surface area contributed by atoms with Crippen LogP contribution < -0.4 is 32.7 Å². The fourth-order valence-electron chi connectivity index (χ4n) is 2.50. The number of aliphatic hydroxyl groups excluding tert-OH is 1. The fourth-order valence-corrected chi connectivity index (χ4v) is 2.50. The van der Waals surface area contributed by atoms with Crippen molar-refractivity contribution in [3.05, 3.63) is 0 Å². The average molecular weight is 402 g/mol. The maximum absolute atomic E-state index is 12.0. The molecule has 0 aromatic rings. The van der Waals surface area contributed by atoms with E-state index in [1.165, 1.54) is 0 Å². The third kappa shape index (κ3) is 16.3. The van der Waals surface area contributed by atoms with Gasteiger partial charge < -0.3 is 37.8 Å². The van der Waals surface area contributed by atoms with Crippen LogP contribution in [0.3, 0.4) is 0 Å². The molecule has 0 aromatic carbocycles. The maximum atomic E-state index is 12.0.